The zero-order chi connectivity index (χ0) is 20.1. The summed E-state index contributed by atoms with van der Waals surface area (Å²) in [5, 5.41) is 18.0. The largest absolute Gasteiger partial charge is 0.419 e. The van der Waals surface area contributed by atoms with Crippen molar-refractivity contribution in [1.82, 2.24) is 15.6 Å². The van der Waals surface area contributed by atoms with Crippen LogP contribution >= 0.6 is 24.0 Å². The Hall–Kier alpha value is -1.30. The number of rotatable bonds is 11. The number of guanidine groups is 1. The molecule has 0 saturated carbocycles. The number of aliphatic imine (C=N–C) groups is 1. The highest BCUT2D eigenvalue weighted by molar-refractivity contribution is 14.0. The first-order valence-corrected chi connectivity index (χ1v) is 9.31. The maximum absolute atomic E-state index is 12.9. The normalized spacial score (nSPS) is 12.9. The van der Waals surface area contributed by atoms with E-state index in [0.717, 1.165) is 18.9 Å². The molecule has 1 atom stereocenters. The van der Waals surface area contributed by atoms with Crippen LogP contribution in [0.15, 0.2) is 23.3 Å². The van der Waals surface area contributed by atoms with Crippen LogP contribution in [0.4, 0.5) is 19.0 Å². The molecule has 0 amide bonds. The van der Waals surface area contributed by atoms with Crippen LogP contribution in [0.25, 0.3) is 0 Å². The quantitative estimate of drug-likeness (QED) is 0.157. The van der Waals surface area contributed by atoms with Crippen molar-refractivity contribution in [1.29, 1.82) is 0 Å². The van der Waals surface area contributed by atoms with Gasteiger partial charge < -0.3 is 21.1 Å². The molecular formula is C18H31F3IN5O. The summed E-state index contributed by atoms with van der Waals surface area (Å²) >= 11 is 0. The number of halogens is 4. The van der Waals surface area contributed by atoms with Crippen LogP contribution in [-0.2, 0) is 6.18 Å². The number of hydrogen-bond acceptors (Lipinski definition) is 4. The van der Waals surface area contributed by atoms with Gasteiger partial charge in [0.15, 0.2) is 5.96 Å². The highest BCUT2D eigenvalue weighted by Crippen LogP contribution is 2.33. The van der Waals surface area contributed by atoms with Crippen LogP contribution < -0.4 is 16.0 Å². The molecule has 0 aliphatic rings. The van der Waals surface area contributed by atoms with E-state index in [-0.39, 0.29) is 42.9 Å². The topological polar surface area (TPSA) is 81.6 Å². The van der Waals surface area contributed by atoms with Crippen LogP contribution in [0.2, 0.25) is 0 Å². The molecule has 0 radical (unpaired) electrons. The lowest BCUT2D eigenvalue weighted by Gasteiger charge is -2.16. The summed E-state index contributed by atoms with van der Waals surface area (Å²) in [7, 11) is 0. The van der Waals surface area contributed by atoms with Crippen molar-refractivity contribution >= 4 is 35.8 Å². The molecule has 0 aromatic carbocycles. The predicted octanol–water partition coefficient (Wildman–Crippen LogP) is 3.48. The van der Waals surface area contributed by atoms with Gasteiger partial charge in [0.2, 0.25) is 0 Å². The average molecular weight is 517 g/mol. The third-order valence-electron chi connectivity index (χ3n) is 3.91. The van der Waals surface area contributed by atoms with Gasteiger partial charge in [-0.3, -0.25) is 4.99 Å². The number of aliphatic hydroxyl groups is 1. The zero-order valence-corrected chi connectivity index (χ0v) is 18.7. The molecule has 162 valence electrons. The molecule has 0 fully saturated rings. The van der Waals surface area contributed by atoms with E-state index in [1.165, 1.54) is 12.3 Å². The predicted molar refractivity (Wildman–Crippen MR) is 117 cm³/mol. The van der Waals surface area contributed by atoms with Crippen molar-refractivity contribution in [2.45, 2.75) is 39.3 Å². The molecule has 1 aromatic heterocycles. The Morgan fingerprint density at radius 2 is 1.96 bits per heavy atom. The number of anilines is 1. The second kappa shape index (κ2) is 14.7. The van der Waals surface area contributed by atoms with E-state index in [9.17, 15) is 13.2 Å². The summed E-state index contributed by atoms with van der Waals surface area (Å²) in [6.07, 6.45) is -0.393. The van der Waals surface area contributed by atoms with Crippen LogP contribution in [0.5, 0.6) is 0 Å². The minimum Gasteiger partial charge on any atom is -0.396 e. The van der Waals surface area contributed by atoms with Gasteiger partial charge >= 0.3 is 6.18 Å². The first-order valence-electron chi connectivity index (χ1n) is 9.31. The standard InChI is InChI=1S/C18H30F3N5O.HI/c1-3-6-14(8-12-27)13-26-17(22-4-2)25-11-10-24-16-15(18(19,20)21)7-5-9-23-16;/h5,7,9,14,27H,3-4,6,8,10-13H2,1-2H3,(H,23,24)(H2,22,25,26);1H. The fourth-order valence-corrected chi connectivity index (χ4v) is 2.62. The lowest BCUT2D eigenvalue weighted by Crippen LogP contribution is -2.40. The number of pyridine rings is 1. The summed E-state index contributed by atoms with van der Waals surface area (Å²) in [4.78, 5) is 8.28. The molecule has 1 rings (SSSR count). The average Bonchev–Trinajstić information content (AvgIpc) is 2.62. The fraction of sp³-hybridized carbons (Fsp3) is 0.667. The van der Waals surface area contributed by atoms with E-state index in [4.69, 9.17) is 5.11 Å². The fourth-order valence-electron chi connectivity index (χ4n) is 2.62. The van der Waals surface area contributed by atoms with Gasteiger partial charge in [-0.2, -0.15) is 13.2 Å². The maximum Gasteiger partial charge on any atom is 0.419 e. The van der Waals surface area contributed by atoms with Crippen LogP contribution in [0, 0.1) is 5.92 Å². The molecule has 28 heavy (non-hydrogen) atoms. The molecule has 0 saturated heterocycles. The van der Waals surface area contributed by atoms with Crippen molar-refractivity contribution in [3.8, 4) is 0 Å². The molecule has 0 aliphatic carbocycles. The van der Waals surface area contributed by atoms with Crippen molar-refractivity contribution in [2.24, 2.45) is 10.9 Å². The second-order valence-corrected chi connectivity index (χ2v) is 6.14. The van der Waals surface area contributed by atoms with E-state index in [1.54, 1.807) is 0 Å². The van der Waals surface area contributed by atoms with Gasteiger partial charge in [0.25, 0.3) is 0 Å². The summed E-state index contributed by atoms with van der Waals surface area (Å²) in [6, 6.07) is 2.27. The molecular weight excluding hydrogens is 486 g/mol. The Kier molecular flexibility index (Phi) is 14.0. The van der Waals surface area contributed by atoms with Gasteiger partial charge in [-0.1, -0.05) is 13.3 Å². The molecule has 6 nitrogen and oxygen atoms in total. The van der Waals surface area contributed by atoms with Gasteiger partial charge in [0.05, 0.1) is 5.56 Å². The van der Waals surface area contributed by atoms with E-state index < -0.39 is 11.7 Å². The number of alkyl halides is 3. The summed E-state index contributed by atoms with van der Waals surface area (Å²) in [5.74, 6) is 0.742. The number of nitrogens with one attached hydrogen (secondary N) is 3. The molecule has 0 aliphatic heterocycles. The van der Waals surface area contributed by atoms with Gasteiger partial charge in [-0.15, -0.1) is 24.0 Å². The third kappa shape index (κ3) is 10.3. The van der Waals surface area contributed by atoms with Crippen LogP contribution in [-0.4, -0.2) is 48.8 Å². The molecule has 0 spiro atoms. The van der Waals surface area contributed by atoms with Crippen LogP contribution in [0.1, 0.15) is 38.7 Å². The minimum atomic E-state index is -4.44. The highest BCUT2D eigenvalue weighted by Gasteiger charge is 2.33. The Balaban J connectivity index is 0.00000729. The smallest absolute Gasteiger partial charge is 0.396 e. The Morgan fingerprint density at radius 1 is 1.21 bits per heavy atom. The van der Waals surface area contributed by atoms with E-state index in [1.807, 2.05) is 6.92 Å². The Morgan fingerprint density at radius 3 is 2.57 bits per heavy atom. The van der Waals surface area contributed by atoms with E-state index in [0.29, 0.717) is 37.9 Å². The maximum atomic E-state index is 12.9. The molecule has 0 bridgehead atoms. The summed E-state index contributed by atoms with van der Waals surface area (Å²) < 4.78 is 38.8. The lowest BCUT2D eigenvalue weighted by molar-refractivity contribution is -0.137. The molecule has 1 unspecified atom stereocenters. The van der Waals surface area contributed by atoms with E-state index >= 15 is 0 Å². The van der Waals surface area contributed by atoms with Gasteiger partial charge in [-0.25, -0.2) is 4.98 Å². The highest BCUT2D eigenvalue weighted by atomic mass is 127. The minimum absolute atomic E-state index is 0. The van der Waals surface area contributed by atoms with E-state index in [2.05, 4.69) is 32.9 Å². The summed E-state index contributed by atoms with van der Waals surface area (Å²) in [5.41, 5.74) is -0.781. The zero-order valence-electron chi connectivity index (χ0n) is 16.4. The SMILES string of the molecule is CCCC(CCO)CN=C(NCC)NCCNc1ncccc1C(F)(F)F.I. The van der Waals surface area contributed by atoms with Gasteiger partial charge in [-0.05, 0) is 37.8 Å². The number of aromatic nitrogens is 1. The lowest BCUT2D eigenvalue weighted by atomic mass is 10.0. The number of nitrogens with zero attached hydrogens (tertiary/aromatic N) is 2. The summed E-state index contributed by atoms with van der Waals surface area (Å²) in [6.45, 7) is 6.09. The van der Waals surface area contributed by atoms with Crippen molar-refractivity contribution in [2.75, 3.05) is 38.1 Å². The number of hydrogen-bond donors (Lipinski definition) is 4. The second-order valence-electron chi connectivity index (χ2n) is 6.14. The molecule has 1 heterocycles. The Bertz CT molecular complexity index is 566. The first kappa shape index (κ1) is 26.7. The molecule has 10 heteroatoms. The molecule has 1 aromatic rings. The van der Waals surface area contributed by atoms with Crippen molar-refractivity contribution in [3.05, 3.63) is 23.9 Å². The van der Waals surface area contributed by atoms with Crippen LogP contribution in [0.3, 0.4) is 0 Å². The van der Waals surface area contributed by atoms with Crippen molar-refractivity contribution < 1.29 is 18.3 Å². The Labute approximate surface area is 181 Å². The van der Waals surface area contributed by atoms with Gasteiger partial charge in [0.1, 0.15) is 5.82 Å². The first-order chi connectivity index (χ1) is 12.9. The molecule has 4 N–H and O–H groups in total. The monoisotopic (exact) mass is 517 g/mol. The number of aliphatic hydroxyl groups excluding tert-OH is 1. The van der Waals surface area contributed by atoms with Crippen molar-refractivity contribution in [3.63, 3.8) is 0 Å². The third-order valence-corrected chi connectivity index (χ3v) is 3.91. The van der Waals surface area contributed by atoms with Gasteiger partial charge in [0, 0.05) is 39.0 Å².